The van der Waals surface area contributed by atoms with Crippen molar-refractivity contribution in [3.8, 4) is 0 Å². The van der Waals surface area contributed by atoms with Gasteiger partial charge in [-0.1, -0.05) is 19.3 Å². The summed E-state index contributed by atoms with van der Waals surface area (Å²) in [7, 11) is 0. The summed E-state index contributed by atoms with van der Waals surface area (Å²) >= 11 is 0. The van der Waals surface area contributed by atoms with Crippen molar-refractivity contribution < 1.29 is 4.42 Å². The van der Waals surface area contributed by atoms with Gasteiger partial charge in [0, 0.05) is 13.1 Å². The van der Waals surface area contributed by atoms with E-state index in [1.807, 2.05) is 12.1 Å². The molecule has 17 heavy (non-hydrogen) atoms. The molecule has 0 radical (unpaired) electrons. The van der Waals surface area contributed by atoms with Crippen LogP contribution in [-0.2, 0) is 6.54 Å². The quantitative estimate of drug-likeness (QED) is 0.797. The maximum atomic E-state index is 5.29. The monoisotopic (exact) mass is 236 g/mol. The van der Waals surface area contributed by atoms with Crippen molar-refractivity contribution in [3.05, 3.63) is 24.2 Å². The molecule has 1 aromatic heterocycles. The van der Waals surface area contributed by atoms with Gasteiger partial charge in [0.15, 0.2) is 0 Å². The summed E-state index contributed by atoms with van der Waals surface area (Å²) in [5, 5.41) is 3.44. The Morgan fingerprint density at radius 3 is 2.59 bits per heavy atom. The van der Waals surface area contributed by atoms with Crippen LogP contribution in [0.25, 0.3) is 0 Å². The molecule has 0 aromatic carbocycles. The van der Waals surface area contributed by atoms with E-state index in [9.17, 15) is 0 Å². The Kier molecular flexibility index (Phi) is 5.59. The second kappa shape index (κ2) is 7.51. The van der Waals surface area contributed by atoms with Crippen LogP contribution in [-0.4, -0.2) is 31.1 Å². The van der Waals surface area contributed by atoms with Crippen LogP contribution in [0.2, 0.25) is 0 Å². The Morgan fingerprint density at radius 1 is 1.12 bits per heavy atom. The number of nitrogens with zero attached hydrogens (tertiary/aromatic N) is 1. The van der Waals surface area contributed by atoms with Gasteiger partial charge < -0.3 is 14.6 Å². The maximum absolute atomic E-state index is 5.29. The molecular weight excluding hydrogens is 212 g/mol. The van der Waals surface area contributed by atoms with Crippen molar-refractivity contribution >= 4 is 0 Å². The summed E-state index contributed by atoms with van der Waals surface area (Å²) in [4.78, 5) is 2.59. The predicted molar refractivity (Wildman–Crippen MR) is 69.9 cm³/mol. The number of likely N-dealkylation sites (tertiary alicyclic amines) is 1. The average Bonchev–Trinajstić information content (AvgIpc) is 2.79. The van der Waals surface area contributed by atoms with Crippen LogP contribution in [0.4, 0.5) is 0 Å². The van der Waals surface area contributed by atoms with E-state index in [-0.39, 0.29) is 0 Å². The molecule has 96 valence electrons. The van der Waals surface area contributed by atoms with E-state index in [2.05, 4.69) is 10.2 Å². The predicted octanol–water partition coefficient (Wildman–Crippen LogP) is 2.64. The van der Waals surface area contributed by atoms with Crippen LogP contribution in [0.3, 0.4) is 0 Å². The van der Waals surface area contributed by atoms with Gasteiger partial charge in [-0.3, -0.25) is 0 Å². The molecule has 1 aliphatic heterocycles. The molecule has 2 heterocycles. The zero-order valence-electron chi connectivity index (χ0n) is 10.7. The van der Waals surface area contributed by atoms with Gasteiger partial charge in [-0.15, -0.1) is 0 Å². The highest BCUT2D eigenvalue weighted by Gasteiger charge is 2.07. The Morgan fingerprint density at radius 2 is 1.88 bits per heavy atom. The molecule has 1 aromatic rings. The van der Waals surface area contributed by atoms with Crippen LogP contribution in [0.15, 0.2) is 22.8 Å². The lowest BCUT2D eigenvalue weighted by Crippen LogP contribution is -2.34. The number of rotatable bonds is 5. The van der Waals surface area contributed by atoms with Gasteiger partial charge in [-0.25, -0.2) is 0 Å². The van der Waals surface area contributed by atoms with Gasteiger partial charge in [-0.2, -0.15) is 0 Å². The fourth-order valence-electron chi connectivity index (χ4n) is 2.40. The lowest BCUT2D eigenvalue weighted by Gasteiger charge is -2.24. The van der Waals surface area contributed by atoms with Crippen molar-refractivity contribution in [2.75, 3.05) is 26.2 Å². The van der Waals surface area contributed by atoms with Crippen molar-refractivity contribution in [1.82, 2.24) is 10.2 Å². The number of nitrogens with one attached hydrogen (secondary N) is 1. The van der Waals surface area contributed by atoms with Crippen molar-refractivity contribution in [3.63, 3.8) is 0 Å². The van der Waals surface area contributed by atoms with E-state index in [4.69, 9.17) is 4.42 Å². The second-order valence-electron chi connectivity index (χ2n) is 4.87. The van der Waals surface area contributed by atoms with Crippen molar-refractivity contribution in [2.24, 2.45) is 0 Å². The molecule has 1 N–H and O–H groups in total. The Hall–Kier alpha value is -0.800. The molecule has 1 aliphatic rings. The maximum Gasteiger partial charge on any atom is 0.117 e. The summed E-state index contributed by atoms with van der Waals surface area (Å²) in [6.45, 7) is 5.63. The molecule has 0 atom stereocenters. The summed E-state index contributed by atoms with van der Waals surface area (Å²) < 4.78 is 5.29. The van der Waals surface area contributed by atoms with Crippen LogP contribution in [0, 0.1) is 0 Å². The van der Waals surface area contributed by atoms with Crippen molar-refractivity contribution in [1.29, 1.82) is 0 Å². The molecule has 1 fully saturated rings. The molecule has 0 aliphatic carbocycles. The summed E-state index contributed by atoms with van der Waals surface area (Å²) in [5.74, 6) is 1.03. The van der Waals surface area contributed by atoms with Gasteiger partial charge in [0.25, 0.3) is 0 Å². The smallest absolute Gasteiger partial charge is 0.117 e. The van der Waals surface area contributed by atoms with Crippen molar-refractivity contribution in [2.45, 2.75) is 38.6 Å². The molecule has 1 saturated heterocycles. The van der Waals surface area contributed by atoms with Crippen LogP contribution in [0.5, 0.6) is 0 Å². The van der Waals surface area contributed by atoms with Crippen LogP contribution >= 0.6 is 0 Å². The van der Waals surface area contributed by atoms with Gasteiger partial charge >= 0.3 is 0 Å². The lowest BCUT2D eigenvalue weighted by molar-refractivity contribution is 0.246. The summed E-state index contributed by atoms with van der Waals surface area (Å²) in [6, 6.07) is 3.96. The van der Waals surface area contributed by atoms with Crippen LogP contribution in [0.1, 0.15) is 37.9 Å². The minimum atomic E-state index is 0.848. The zero-order chi connectivity index (χ0) is 11.8. The molecular formula is C14H24N2O. The Balaban J connectivity index is 1.57. The first-order valence-electron chi connectivity index (χ1n) is 6.90. The minimum absolute atomic E-state index is 0.848. The third-order valence-electron chi connectivity index (χ3n) is 3.43. The molecule has 2 rings (SSSR count). The third-order valence-corrected chi connectivity index (χ3v) is 3.43. The zero-order valence-corrected chi connectivity index (χ0v) is 10.7. The molecule has 0 amide bonds. The molecule has 3 nitrogen and oxygen atoms in total. The topological polar surface area (TPSA) is 28.4 Å². The van der Waals surface area contributed by atoms with E-state index >= 15 is 0 Å². The number of furan rings is 1. The van der Waals surface area contributed by atoms with E-state index in [0.717, 1.165) is 18.8 Å². The van der Waals surface area contributed by atoms with Gasteiger partial charge in [0.2, 0.25) is 0 Å². The lowest BCUT2D eigenvalue weighted by atomic mass is 10.1. The van der Waals surface area contributed by atoms with Crippen LogP contribution < -0.4 is 5.32 Å². The first kappa shape index (κ1) is 12.7. The molecule has 3 heteroatoms. The first-order chi connectivity index (χ1) is 8.45. The highest BCUT2D eigenvalue weighted by atomic mass is 16.3. The van der Waals surface area contributed by atoms with E-state index in [1.165, 1.54) is 51.7 Å². The Bertz CT molecular complexity index is 276. The number of hydrogen-bond acceptors (Lipinski definition) is 3. The third kappa shape index (κ3) is 4.92. The summed E-state index contributed by atoms with van der Waals surface area (Å²) in [5.41, 5.74) is 0. The minimum Gasteiger partial charge on any atom is -0.468 e. The highest BCUT2D eigenvalue weighted by molar-refractivity contribution is 4.97. The van der Waals surface area contributed by atoms with E-state index in [1.54, 1.807) is 6.26 Å². The molecule has 0 unspecified atom stereocenters. The second-order valence-corrected chi connectivity index (χ2v) is 4.87. The molecule has 0 bridgehead atoms. The molecule has 0 spiro atoms. The largest absolute Gasteiger partial charge is 0.468 e. The normalized spacial score (nSPS) is 18.8. The van der Waals surface area contributed by atoms with Gasteiger partial charge in [-0.05, 0) is 38.1 Å². The average molecular weight is 236 g/mol. The highest BCUT2D eigenvalue weighted by Crippen LogP contribution is 2.09. The van der Waals surface area contributed by atoms with E-state index < -0.39 is 0 Å². The van der Waals surface area contributed by atoms with Gasteiger partial charge in [0.1, 0.15) is 5.76 Å². The molecule has 0 saturated carbocycles. The Labute approximate surface area is 104 Å². The van der Waals surface area contributed by atoms with E-state index in [0.29, 0.717) is 0 Å². The fourth-order valence-corrected chi connectivity index (χ4v) is 2.40. The number of hydrogen-bond donors (Lipinski definition) is 1. The SMILES string of the molecule is c1coc(CNCCN2CCCCCCC2)c1. The standard InChI is InChI=1S/C14H24N2O/c1-2-4-9-16(10-5-3-1)11-8-15-13-14-7-6-12-17-14/h6-7,12,15H,1-5,8-11,13H2. The fraction of sp³-hybridized carbons (Fsp3) is 0.714. The first-order valence-corrected chi connectivity index (χ1v) is 6.90. The van der Waals surface area contributed by atoms with Gasteiger partial charge in [0.05, 0.1) is 12.8 Å². The summed E-state index contributed by atoms with van der Waals surface area (Å²) in [6.07, 6.45) is 8.74.